The fourth-order valence-electron chi connectivity index (χ4n) is 2.53. The van der Waals surface area contributed by atoms with Gasteiger partial charge in [-0.05, 0) is 30.9 Å². The maximum atomic E-state index is 9.44. The summed E-state index contributed by atoms with van der Waals surface area (Å²) in [5, 5.41) is 9.44. The molecule has 1 aliphatic heterocycles. The molecule has 0 saturated carbocycles. The number of aliphatic hydroxyl groups is 1. The lowest BCUT2D eigenvalue weighted by Crippen LogP contribution is -2.48. The first kappa shape index (κ1) is 14.3. The Morgan fingerprint density at radius 2 is 2.05 bits per heavy atom. The highest BCUT2D eigenvalue weighted by Gasteiger charge is 2.34. The van der Waals surface area contributed by atoms with Gasteiger partial charge in [0.15, 0.2) is 0 Å². The summed E-state index contributed by atoms with van der Waals surface area (Å²) in [7, 11) is 1.69. The Morgan fingerprint density at radius 3 is 2.47 bits per heavy atom. The van der Waals surface area contributed by atoms with Crippen molar-refractivity contribution in [3.8, 4) is 0 Å². The largest absolute Gasteiger partial charge is 0.393 e. The zero-order chi connectivity index (χ0) is 13.9. The van der Waals surface area contributed by atoms with Crippen LogP contribution in [0.3, 0.4) is 0 Å². The second-order valence-corrected chi connectivity index (χ2v) is 5.63. The van der Waals surface area contributed by atoms with Gasteiger partial charge < -0.3 is 14.7 Å². The molecule has 0 aliphatic carbocycles. The second kappa shape index (κ2) is 5.88. The van der Waals surface area contributed by atoms with Gasteiger partial charge in [-0.1, -0.05) is 13.8 Å². The highest BCUT2D eigenvalue weighted by Crippen LogP contribution is 2.28. The van der Waals surface area contributed by atoms with E-state index in [0.717, 1.165) is 37.3 Å². The monoisotopic (exact) mass is 264 g/mol. The van der Waals surface area contributed by atoms with Gasteiger partial charge in [0.25, 0.3) is 0 Å². The number of aliphatic hydroxyl groups excluding tert-OH is 1. The second-order valence-electron chi connectivity index (χ2n) is 5.63. The Morgan fingerprint density at radius 1 is 1.37 bits per heavy atom. The molecule has 1 saturated heterocycles. The van der Waals surface area contributed by atoms with Crippen molar-refractivity contribution in [2.24, 2.45) is 0 Å². The van der Waals surface area contributed by atoms with Gasteiger partial charge in [-0.15, -0.1) is 0 Å². The number of pyridine rings is 1. The molecule has 4 heteroatoms. The summed E-state index contributed by atoms with van der Waals surface area (Å²) in [6.07, 6.45) is 3.66. The van der Waals surface area contributed by atoms with Gasteiger partial charge in [0.05, 0.1) is 24.1 Å². The summed E-state index contributed by atoms with van der Waals surface area (Å²) in [4.78, 5) is 6.82. The van der Waals surface area contributed by atoms with Crippen molar-refractivity contribution in [1.82, 2.24) is 4.98 Å². The standard InChI is InChI=1S/C15H24N2O2/c1-12(2)14-5-4-13(10-16-14)17-8-6-15(11-18,19-3)7-9-17/h4-5,10,12,18H,6-9,11H2,1-3H3. The first-order valence-corrected chi connectivity index (χ1v) is 6.97. The van der Waals surface area contributed by atoms with Crippen LogP contribution >= 0.6 is 0 Å². The van der Waals surface area contributed by atoms with E-state index >= 15 is 0 Å². The quantitative estimate of drug-likeness (QED) is 0.905. The van der Waals surface area contributed by atoms with Crippen molar-refractivity contribution >= 4 is 5.69 Å². The molecule has 0 amide bonds. The van der Waals surface area contributed by atoms with Crippen LogP contribution in [0, 0.1) is 0 Å². The Labute approximate surface area is 115 Å². The number of methoxy groups -OCH3 is 1. The zero-order valence-corrected chi connectivity index (χ0v) is 12.1. The van der Waals surface area contributed by atoms with E-state index in [1.807, 2.05) is 6.20 Å². The first-order chi connectivity index (χ1) is 9.10. The van der Waals surface area contributed by atoms with E-state index in [2.05, 4.69) is 35.9 Å². The van der Waals surface area contributed by atoms with Crippen molar-refractivity contribution in [2.45, 2.75) is 38.2 Å². The lowest BCUT2D eigenvalue weighted by Gasteiger charge is -2.40. The van der Waals surface area contributed by atoms with Crippen molar-refractivity contribution in [3.63, 3.8) is 0 Å². The summed E-state index contributed by atoms with van der Waals surface area (Å²) < 4.78 is 5.47. The van der Waals surface area contributed by atoms with Gasteiger partial charge in [0.2, 0.25) is 0 Å². The number of hydrogen-bond acceptors (Lipinski definition) is 4. The Balaban J connectivity index is 2.01. The number of nitrogens with zero attached hydrogens (tertiary/aromatic N) is 2. The molecule has 2 rings (SSSR count). The molecule has 2 heterocycles. The summed E-state index contributed by atoms with van der Waals surface area (Å²) >= 11 is 0. The van der Waals surface area contributed by atoms with Crippen molar-refractivity contribution < 1.29 is 9.84 Å². The molecule has 1 N–H and O–H groups in total. The number of piperidine rings is 1. The molecular weight excluding hydrogens is 240 g/mol. The Bertz CT molecular complexity index is 389. The van der Waals surface area contributed by atoms with E-state index in [4.69, 9.17) is 4.74 Å². The highest BCUT2D eigenvalue weighted by atomic mass is 16.5. The van der Waals surface area contributed by atoms with Crippen LogP contribution in [0.25, 0.3) is 0 Å². The minimum atomic E-state index is -0.345. The maximum absolute atomic E-state index is 9.44. The van der Waals surface area contributed by atoms with Gasteiger partial charge in [0.1, 0.15) is 0 Å². The van der Waals surface area contributed by atoms with Gasteiger partial charge in [-0.3, -0.25) is 4.98 Å². The van der Waals surface area contributed by atoms with E-state index < -0.39 is 0 Å². The van der Waals surface area contributed by atoms with Crippen molar-refractivity contribution in [3.05, 3.63) is 24.0 Å². The van der Waals surface area contributed by atoms with Crippen LogP contribution in [0.2, 0.25) is 0 Å². The van der Waals surface area contributed by atoms with Crippen LogP contribution in [0.1, 0.15) is 38.3 Å². The minimum absolute atomic E-state index is 0.0991. The molecule has 0 atom stereocenters. The lowest BCUT2D eigenvalue weighted by molar-refractivity contribution is -0.0672. The number of anilines is 1. The fourth-order valence-corrected chi connectivity index (χ4v) is 2.53. The molecule has 4 nitrogen and oxygen atoms in total. The van der Waals surface area contributed by atoms with Gasteiger partial charge in [0, 0.05) is 25.9 Å². The molecule has 106 valence electrons. The summed E-state index contributed by atoms with van der Waals surface area (Å²) in [5.41, 5.74) is 1.94. The lowest BCUT2D eigenvalue weighted by atomic mass is 9.92. The van der Waals surface area contributed by atoms with Gasteiger partial charge >= 0.3 is 0 Å². The fraction of sp³-hybridized carbons (Fsp3) is 0.667. The molecule has 1 fully saturated rings. The number of hydrogen-bond donors (Lipinski definition) is 1. The summed E-state index contributed by atoms with van der Waals surface area (Å²) in [5.74, 6) is 0.464. The van der Waals surface area contributed by atoms with E-state index in [-0.39, 0.29) is 12.2 Å². The third kappa shape index (κ3) is 3.07. The van der Waals surface area contributed by atoms with E-state index in [1.54, 1.807) is 7.11 Å². The van der Waals surface area contributed by atoms with Crippen LogP contribution in [-0.4, -0.2) is 42.5 Å². The average Bonchev–Trinajstić information content (AvgIpc) is 2.47. The Hall–Kier alpha value is -1.13. The SMILES string of the molecule is COC1(CO)CCN(c2ccc(C(C)C)nc2)CC1. The number of rotatable bonds is 4. The predicted molar refractivity (Wildman–Crippen MR) is 76.6 cm³/mol. The molecule has 0 spiro atoms. The van der Waals surface area contributed by atoms with Crippen LogP contribution in [0.4, 0.5) is 5.69 Å². The maximum Gasteiger partial charge on any atom is 0.0941 e. The zero-order valence-electron chi connectivity index (χ0n) is 12.1. The number of aromatic nitrogens is 1. The molecule has 1 aromatic rings. The molecule has 19 heavy (non-hydrogen) atoms. The predicted octanol–water partition coefficient (Wildman–Crippen LogP) is 2.18. The normalized spacial score (nSPS) is 18.9. The third-order valence-electron chi connectivity index (χ3n) is 4.12. The molecule has 0 bridgehead atoms. The van der Waals surface area contributed by atoms with Crippen LogP contribution in [0.15, 0.2) is 18.3 Å². The summed E-state index contributed by atoms with van der Waals surface area (Å²) in [6.45, 7) is 6.20. The third-order valence-corrected chi connectivity index (χ3v) is 4.12. The van der Waals surface area contributed by atoms with E-state index in [9.17, 15) is 5.11 Å². The van der Waals surface area contributed by atoms with Crippen molar-refractivity contribution in [2.75, 3.05) is 31.7 Å². The first-order valence-electron chi connectivity index (χ1n) is 6.97. The molecule has 0 unspecified atom stereocenters. The minimum Gasteiger partial charge on any atom is -0.393 e. The molecule has 0 aromatic carbocycles. The van der Waals surface area contributed by atoms with E-state index in [0.29, 0.717) is 5.92 Å². The van der Waals surface area contributed by atoms with E-state index in [1.165, 1.54) is 0 Å². The molecule has 1 aromatic heterocycles. The smallest absolute Gasteiger partial charge is 0.0941 e. The van der Waals surface area contributed by atoms with Crippen LogP contribution < -0.4 is 4.90 Å². The van der Waals surface area contributed by atoms with Crippen molar-refractivity contribution in [1.29, 1.82) is 0 Å². The van der Waals surface area contributed by atoms with Crippen LogP contribution in [0.5, 0.6) is 0 Å². The van der Waals surface area contributed by atoms with Gasteiger partial charge in [-0.25, -0.2) is 0 Å². The Kier molecular flexibility index (Phi) is 4.42. The topological polar surface area (TPSA) is 45.6 Å². The molecule has 1 aliphatic rings. The van der Waals surface area contributed by atoms with Gasteiger partial charge in [-0.2, -0.15) is 0 Å². The highest BCUT2D eigenvalue weighted by molar-refractivity contribution is 5.45. The average molecular weight is 264 g/mol. The molecular formula is C15H24N2O2. The molecule has 0 radical (unpaired) electrons. The van der Waals surface area contributed by atoms with Crippen LogP contribution in [-0.2, 0) is 4.74 Å². The summed E-state index contributed by atoms with van der Waals surface area (Å²) in [6, 6.07) is 4.24. The number of ether oxygens (including phenoxy) is 1.